The quantitative estimate of drug-likeness (QED) is 0.253. The van der Waals surface area contributed by atoms with Crippen LogP contribution in [-0.2, 0) is 19.2 Å². The molecule has 4 atom stereocenters. The van der Waals surface area contributed by atoms with Crippen molar-refractivity contribution in [3.63, 3.8) is 0 Å². The van der Waals surface area contributed by atoms with Crippen LogP contribution in [0.5, 0.6) is 11.5 Å². The van der Waals surface area contributed by atoms with Crippen LogP contribution in [0.15, 0.2) is 60.9 Å². The van der Waals surface area contributed by atoms with Crippen molar-refractivity contribution in [2.45, 2.75) is 62.1 Å². The van der Waals surface area contributed by atoms with E-state index in [9.17, 15) is 19.2 Å². The lowest BCUT2D eigenvalue weighted by atomic mass is 9.94. The van der Waals surface area contributed by atoms with E-state index in [1.165, 1.54) is 6.33 Å². The summed E-state index contributed by atoms with van der Waals surface area (Å²) in [5.74, 6) is -0.0193. The van der Waals surface area contributed by atoms with Crippen LogP contribution in [0.3, 0.4) is 0 Å². The predicted octanol–water partition coefficient (Wildman–Crippen LogP) is 1.75. The van der Waals surface area contributed by atoms with E-state index in [1.807, 2.05) is 59.5 Å². The molecule has 4 aromatic rings. The van der Waals surface area contributed by atoms with Gasteiger partial charge in [0, 0.05) is 63.3 Å². The minimum Gasteiger partial charge on any atom is -0.457 e. The first kappa shape index (κ1) is 33.5. The van der Waals surface area contributed by atoms with Crippen molar-refractivity contribution >= 4 is 40.5 Å². The van der Waals surface area contributed by atoms with Crippen molar-refractivity contribution in [1.29, 1.82) is 0 Å². The minimum absolute atomic E-state index is 0.0421. The van der Waals surface area contributed by atoms with Crippen LogP contribution in [0.2, 0.25) is 0 Å². The Labute approximate surface area is 303 Å². The fourth-order valence-corrected chi connectivity index (χ4v) is 8.42. The van der Waals surface area contributed by atoms with Gasteiger partial charge in [-0.3, -0.25) is 44.1 Å². The Morgan fingerprint density at radius 3 is 2.26 bits per heavy atom. The van der Waals surface area contributed by atoms with Gasteiger partial charge in [0.05, 0.1) is 23.9 Å². The standard InChI is InChI=1S/C37H39FN10O5/c38-26-19-44(22-15-45(16-22)23-17-46(18-23)29-14-31(50)47(37(29)52)28-10-11-30(49)42-36(28)51)13-12-27(26)48-35-32(34(39)40-20-41-35)33(43-48)21-6-8-25(9-7-21)53-24-4-2-1-3-5-24/h1-9,20,22-23,26-29H,10-19H2,(H2,39,40,41)(H,42,49,51)/t26-,27+,28?,29?/m1/s1. The number of nitrogen functional groups attached to an aromatic ring is 1. The lowest BCUT2D eigenvalue weighted by Gasteiger charge is -2.55. The van der Waals surface area contributed by atoms with Crippen molar-refractivity contribution in [3.8, 4) is 22.8 Å². The van der Waals surface area contributed by atoms with E-state index < -0.39 is 30.2 Å². The van der Waals surface area contributed by atoms with Crippen molar-refractivity contribution in [1.82, 2.24) is 44.7 Å². The first-order valence-electron chi connectivity index (χ1n) is 18.1. The van der Waals surface area contributed by atoms with Crippen molar-refractivity contribution in [2.75, 3.05) is 45.0 Å². The van der Waals surface area contributed by atoms with E-state index >= 15 is 4.39 Å². The monoisotopic (exact) mass is 722 g/mol. The lowest BCUT2D eigenvalue weighted by Crippen LogP contribution is -2.72. The Hall–Kier alpha value is -5.32. The van der Waals surface area contributed by atoms with Gasteiger partial charge in [-0.25, -0.2) is 19.0 Å². The van der Waals surface area contributed by atoms with E-state index in [0.29, 0.717) is 48.5 Å². The van der Waals surface area contributed by atoms with Gasteiger partial charge in [0.1, 0.15) is 41.6 Å². The molecule has 5 aliphatic heterocycles. The highest BCUT2D eigenvalue weighted by molar-refractivity contribution is 6.11. The van der Waals surface area contributed by atoms with Gasteiger partial charge >= 0.3 is 0 Å². The molecule has 2 aromatic carbocycles. The second kappa shape index (κ2) is 13.3. The fourth-order valence-electron chi connectivity index (χ4n) is 8.42. The number of alkyl halides is 1. The number of fused-ring (bicyclic) bond motifs is 1. The summed E-state index contributed by atoms with van der Waals surface area (Å²) in [7, 11) is 0. The molecule has 5 aliphatic rings. The Balaban J connectivity index is 0.804. The minimum atomic E-state index is -1.18. The maximum absolute atomic E-state index is 16.1. The van der Waals surface area contributed by atoms with E-state index in [4.69, 9.17) is 15.6 Å². The maximum atomic E-state index is 16.1. The highest BCUT2D eigenvalue weighted by Gasteiger charge is 2.52. The number of benzene rings is 2. The molecule has 0 aliphatic carbocycles. The normalized spacial score (nSPS) is 26.5. The molecule has 5 fully saturated rings. The third kappa shape index (κ3) is 5.99. The van der Waals surface area contributed by atoms with Gasteiger partial charge in [0.15, 0.2) is 5.65 Å². The highest BCUT2D eigenvalue weighted by Crippen LogP contribution is 2.37. The molecule has 2 aromatic heterocycles. The zero-order valence-electron chi connectivity index (χ0n) is 28.9. The molecule has 4 amide bonds. The third-order valence-electron chi connectivity index (χ3n) is 11.4. The molecule has 15 nitrogen and oxygen atoms in total. The van der Waals surface area contributed by atoms with Crippen LogP contribution in [0.25, 0.3) is 22.3 Å². The second-order valence-electron chi connectivity index (χ2n) is 14.6. The molecule has 3 N–H and O–H groups in total. The molecular weight excluding hydrogens is 683 g/mol. The van der Waals surface area contributed by atoms with Gasteiger partial charge in [-0.2, -0.15) is 5.10 Å². The van der Waals surface area contributed by atoms with Crippen molar-refractivity contribution in [2.24, 2.45) is 0 Å². The number of para-hydroxylation sites is 1. The summed E-state index contributed by atoms with van der Waals surface area (Å²) in [6.07, 6.45) is 1.07. The Bertz CT molecular complexity index is 2080. The van der Waals surface area contributed by atoms with Gasteiger partial charge in [0.2, 0.25) is 23.6 Å². The van der Waals surface area contributed by atoms with E-state index in [2.05, 4.69) is 25.1 Å². The van der Waals surface area contributed by atoms with Crippen LogP contribution in [0.4, 0.5) is 10.2 Å². The molecule has 53 heavy (non-hydrogen) atoms. The first-order chi connectivity index (χ1) is 25.7. The molecule has 0 bridgehead atoms. The largest absolute Gasteiger partial charge is 0.457 e. The number of likely N-dealkylation sites (tertiary alicyclic amines) is 4. The second-order valence-corrected chi connectivity index (χ2v) is 14.6. The molecular formula is C37H39FN10O5. The van der Waals surface area contributed by atoms with E-state index in [1.54, 1.807) is 4.68 Å². The number of carbonyl (C=O) groups excluding carboxylic acids is 4. The van der Waals surface area contributed by atoms with Gasteiger partial charge in [-0.15, -0.1) is 0 Å². The average Bonchev–Trinajstić information content (AvgIpc) is 3.63. The number of anilines is 1. The average molecular weight is 723 g/mol. The molecule has 7 heterocycles. The molecule has 274 valence electrons. The van der Waals surface area contributed by atoms with Crippen LogP contribution >= 0.6 is 0 Å². The molecule has 0 spiro atoms. The molecule has 0 radical (unpaired) electrons. The number of hydrogen-bond donors (Lipinski definition) is 2. The fraction of sp³-hybridized carbons (Fsp3) is 0.432. The van der Waals surface area contributed by atoms with Crippen LogP contribution in [0.1, 0.15) is 31.7 Å². The van der Waals surface area contributed by atoms with Crippen LogP contribution in [0, 0.1) is 0 Å². The summed E-state index contributed by atoms with van der Waals surface area (Å²) in [5, 5.41) is 7.72. The summed E-state index contributed by atoms with van der Waals surface area (Å²) >= 11 is 0. The van der Waals surface area contributed by atoms with Gasteiger partial charge < -0.3 is 10.5 Å². The predicted molar refractivity (Wildman–Crippen MR) is 189 cm³/mol. The smallest absolute Gasteiger partial charge is 0.249 e. The lowest BCUT2D eigenvalue weighted by molar-refractivity contribution is -0.152. The first-order valence-corrected chi connectivity index (χ1v) is 18.1. The molecule has 2 unspecified atom stereocenters. The maximum Gasteiger partial charge on any atom is 0.249 e. The SMILES string of the molecule is Nc1ncnc2c1c(-c1ccc(Oc3ccccc3)cc1)nn2[C@H]1CCN(C2CN(C3CN(C4CC(=O)N(C5CCC(=O)NC5=O)C4=O)C3)C2)C[C@H]1F. The number of rotatable bonds is 8. The zero-order chi connectivity index (χ0) is 36.4. The van der Waals surface area contributed by atoms with E-state index in [0.717, 1.165) is 29.3 Å². The third-order valence-corrected chi connectivity index (χ3v) is 11.4. The van der Waals surface area contributed by atoms with Gasteiger partial charge in [0.25, 0.3) is 0 Å². The zero-order valence-corrected chi connectivity index (χ0v) is 28.9. The Morgan fingerprint density at radius 2 is 1.53 bits per heavy atom. The molecule has 9 rings (SSSR count). The summed E-state index contributed by atoms with van der Waals surface area (Å²) < 4.78 is 23.8. The van der Waals surface area contributed by atoms with Crippen LogP contribution in [-0.4, -0.2) is 133 Å². The number of ether oxygens (including phenoxy) is 1. The molecule has 0 saturated carbocycles. The van der Waals surface area contributed by atoms with Crippen molar-refractivity contribution in [3.05, 3.63) is 60.9 Å². The summed E-state index contributed by atoms with van der Waals surface area (Å²) in [6, 6.07) is 15.5. The Kier molecular flexibility index (Phi) is 8.39. The summed E-state index contributed by atoms with van der Waals surface area (Å²) in [5.41, 5.74) is 8.24. The number of halogens is 1. The number of piperidine rings is 2. The van der Waals surface area contributed by atoms with Gasteiger partial charge in [-0.05, 0) is 49.2 Å². The Morgan fingerprint density at radius 1 is 0.811 bits per heavy atom. The number of nitrogens with two attached hydrogens (primary N) is 1. The number of amides is 4. The van der Waals surface area contributed by atoms with E-state index in [-0.39, 0.29) is 61.4 Å². The van der Waals surface area contributed by atoms with Crippen LogP contribution < -0.4 is 15.8 Å². The number of nitrogens with one attached hydrogen (secondary N) is 1. The number of nitrogens with zero attached hydrogens (tertiary/aromatic N) is 8. The van der Waals surface area contributed by atoms with Gasteiger partial charge in [-0.1, -0.05) is 18.2 Å². The number of imide groups is 2. The topological polar surface area (TPSA) is 172 Å². The van der Waals surface area contributed by atoms with Crippen molar-refractivity contribution < 1.29 is 28.3 Å². The summed E-state index contributed by atoms with van der Waals surface area (Å²) in [4.78, 5) is 66.2. The summed E-state index contributed by atoms with van der Waals surface area (Å²) in [6.45, 7) is 3.89. The molecule has 16 heteroatoms. The number of carbonyl (C=O) groups is 4. The number of hydrogen-bond acceptors (Lipinski definition) is 12. The number of aromatic nitrogens is 4. The highest BCUT2D eigenvalue weighted by atomic mass is 19.1. The molecule has 5 saturated heterocycles.